The molecule has 28 heavy (non-hydrogen) atoms. The maximum atomic E-state index is 5.40. The molecule has 3 aromatic heterocycles. The molecule has 0 unspecified atom stereocenters. The first kappa shape index (κ1) is 18.4. The van der Waals surface area contributed by atoms with E-state index in [0.717, 1.165) is 26.9 Å². The minimum absolute atomic E-state index is 0.0280. The molecule has 1 aromatic carbocycles. The van der Waals surface area contributed by atoms with Crippen LogP contribution in [0.15, 0.2) is 24.3 Å². The number of hydrogen-bond donors (Lipinski definition) is 0. The van der Waals surface area contributed by atoms with Crippen molar-refractivity contribution < 1.29 is 9.47 Å². The van der Waals surface area contributed by atoms with Crippen molar-refractivity contribution in [3.05, 3.63) is 30.0 Å². The van der Waals surface area contributed by atoms with E-state index < -0.39 is 0 Å². The summed E-state index contributed by atoms with van der Waals surface area (Å²) in [5.74, 6) is 1.95. The summed E-state index contributed by atoms with van der Waals surface area (Å²) in [6.45, 7) is 6.44. The fraction of sp³-hybridized carbons (Fsp3) is 0.368. The lowest BCUT2D eigenvalue weighted by Crippen LogP contribution is -2.12. The highest BCUT2D eigenvalue weighted by Crippen LogP contribution is 2.34. The molecule has 9 heteroatoms. The van der Waals surface area contributed by atoms with Crippen molar-refractivity contribution in [1.82, 2.24) is 29.6 Å². The third-order valence-corrected chi connectivity index (χ3v) is 5.42. The summed E-state index contributed by atoms with van der Waals surface area (Å²) in [6, 6.07) is 7.72. The zero-order valence-electron chi connectivity index (χ0n) is 16.7. The molecule has 0 fully saturated rings. The van der Waals surface area contributed by atoms with Crippen LogP contribution in [0.1, 0.15) is 26.5 Å². The van der Waals surface area contributed by atoms with Crippen molar-refractivity contribution in [2.45, 2.75) is 26.2 Å². The van der Waals surface area contributed by atoms with Crippen LogP contribution in [0, 0.1) is 0 Å². The average Bonchev–Trinajstić information content (AvgIpc) is 3.34. The number of rotatable bonds is 4. The molecule has 4 aromatic rings. The zero-order valence-corrected chi connectivity index (χ0v) is 17.5. The van der Waals surface area contributed by atoms with E-state index in [2.05, 4.69) is 42.1 Å². The van der Waals surface area contributed by atoms with Gasteiger partial charge in [0.15, 0.2) is 22.3 Å². The van der Waals surface area contributed by atoms with E-state index in [1.54, 1.807) is 18.7 Å². The number of aryl methyl sites for hydroxylation is 1. The average molecular weight is 398 g/mol. The van der Waals surface area contributed by atoms with Gasteiger partial charge in [-0.1, -0.05) is 32.1 Å². The number of methoxy groups -OCH3 is 2. The second kappa shape index (κ2) is 6.59. The quantitative estimate of drug-likeness (QED) is 0.523. The van der Waals surface area contributed by atoms with E-state index in [1.807, 2.05) is 29.9 Å². The molecule has 0 bridgehead atoms. The third-order valence-electron chi connectivity index (χ3n) is 4.50. The molecule has 0 radical (unpaired) electrons. The summed E-state index contributed by atoms with van der Waals surface area (Å²) in [5.41, 5.74) is 2.80. The smallest absolute Gasteiger partial charge is 0.235 e. The van der Waals surface area contributed by atoms with Gasteiger partial charge in [-0.3, -0.25) is 4.68 Å². The molecule has 146 valence electrons. The molecular weight excluding hydrogens is 376 g/mol. The Bertz CT molecular complexity index is 1150. The molecule has 0 aliphatic rings. The SMILES string of the molecule is COc1ccc(-c2nnc3sc(-c4cc(C(C)(C)C)nn4C)nn23)cc1OC. The van der Waals surface area contributed by atoms with Gasteiger partial charge in [-0.2, -0.15) is 14.7 Å². The predicted octanol–water partition coefficient (Wildman–Crippen LogP) is 3.57. The minimum atomic E-state index is -0.0280. The lowest BCUT2D eigenvalue weighted by Gasteiger charge is -2.13. The van der Waals surface area contributed by atoms with E-state index in [1.165, 1.54) is 11.3 Å². The standard InChI is InChI=1S/C19H22N6O2S/c1-19(2,3)15-10-12(24(4)22-15)17-23-25-16(20-21-18(25)28-17)11-7-8-13(26-5)14(9-11)27-6/h7-10H,1-6H3. The fourth-order valence-electron chi connectivity index (χ4n) is 2.91. The summed E-state index contributed by atoms with van der Waals surface area (Å²) in [6.07, 6.45) is 0. The summed E-state index contributed by atoms with van der Waals surface area (Å²) >= 11 is 1.48. The number of ether oxygens (including phenoxy) is 2. The van der Waals surface area contributed by atoms with Gasteiger partial charge in [-0.25, -0.2) is 0 Å². The minimum Gasteiger partial charge on any atom is -0.493 e. The van der Waals surface area contributed by atoms with E-state index in [0.29, 0.717) is 17.3 Å². The van der Waals surface area contributed by atoms with Gasteiger partial charge in [0.1, 0.15) is 0 Å². The lowest BCUT2D eigenvalue weighted by molar-refractivity contribution is 0.355. The van der Waals surface area contributed by atoms with Crippen LogP contribution in [0.25, 0.3) is 27.1 Å². The Morgan fingerprint density at radius 1 is 0.964 bits per heavy atom. The molecule has 0 amide bonds. The zero-order chi connectivity index (χ0) is 20.1. The van der Waals surface area contributed by atoms with Gasteiger partial charge < -0.3 is 9.47 Å². The van der Waals surface area contributed by atoms with Gasteiger partial charge >= 0.3 is 0 Å². The molecule has 0 atom stereocenters. The van der Waals surface area contributed by atoms with E-state index in [9.17, 15) is 0 Å². The second-order valence-corrected chi connectivity index (χ2v) is 8.44. The van der Waals surface area contributed by atoms with Crippen molar-refractivity contribution in [2.24, 2.45) is 7.05 Å². The summed E-state index contributed by atoms with van der Waals surface area (Å²) < 4.78 is 14.3. The summed E-state index contributed by atoms with van der Waals surface area (Å²) in [7, 11) is 5.15. The Hall–Kier alpha value is -2.94. The topological polar surface area (TPSA) is 79.4 Å². The van der Waals surface area contributed by atoms with E-state index in [4.69, 9.17) is 14.6 Å². The van der Waals surface area contributed by atoms with Crippen LogP contribution in [0.2, 0.25) is 0 Å². The fourth-order valence-corrected chi connectivity index (χ4v) is 3.80. The Labute approximate surface area is 166 Å². The van der Waals surface area contributed by atoms with Crippen molar-refractivity contribution >= 4 is 16.3 Å². The molecule has 3 heterocycles. The van der Waals surface area contributed by atoms with Gasteiger partial charge in [-0.15, -0.1) is 10.2 Å². The highest BCUT2D eigenvalue weighted by Gasteiger charge is 2.22. The van der Waals surface area contributed by atoms with Crippen LogP contribution >= 0.6 is 11.3 Å². The van der Waals surface area contributed by atoms with Gasteiger partial charge in [0.25, 0.3) is 0 Å². The summed E-state index contributed by atoms with van der Waals surface area (Å²) in [5, 5.41) is 18.8. The Morgan fingerprint density at radius 3 is 2.36 bits per heavy atom. The lowest BCUT2D eigenvalue weighted by atomic mass is 9.92. The van der Waals surface area contributed by atoms with Crippen molar-refractivity contribution in [3.63, 3.8) is 0 Å². The first-order chi connectivity index (χ1) is 13.3. The molecule has 4 rings (SSSR count). The number of fused-ring (bicyclic) bond motifs is 1. The monoisotopic (exact) mass is 398 g/mol. The van der Waals surface area contributed by atoms with Gasteiger partial charge in [-0.05, 0) is 24.3 Å². The molecule has 0 saturated carbocycles. The van der Waals surface area contributed by atoms with E-state index >= 15 is 0 Å². The van der Waals surface area contributed by atoms with Crippen LogP contribution in [0.3, 0.4) is 0 Å². The van der Waals surface area contributed by atoms with Gasteiger partial charge in [0, 0.05) is 18.0 Å². The maximum Gasteiger partial charge on any atom is 0.235 e. The first-order valence-electron chi connectivity index (χ1n) is 8.81. The highest BCUT2D eigenvalue weighted by atomic mass is 32.1. The third kappa shape index (κ3) is 3.01. The first-order valence-corrected chi connectivity index (χ1v) is 9.63. The number of nitrogens with zero attached hydrogens (tertiary/aromatic N) is 6. The van der Waals surface area contributed by atoms with Crippen LogP contribution in [-0.4, -0.2) is 43.8 Å². The van der Waals surface area contributed by atoms with Gasteiger partial charge in [0.05, 0.1) is 25.6 Å². The number of benzene rings is 1. The number of aromatic nitrogens is 6. The van der Waals surface area contributed by atoms with Crippen LogP contribution in [0.5, 0.6) is 11.5 Å². The van der Waals surface area contributed by atoms with Gasteiger partial charge in [0.2, 0.25) is 4.96 Å². The maximum absolute atomic E-state index is 5.40. The molecule has 0 aliphatic heterocycles. The van der Waals surface area contributed by atoms with E-state index in [-0.39, 0.29) is 5.41 Å². The molecule has 0 N–H and O–H groups in total. The molecular formula is C19H22N6O2S. The number of hydrogen-bond acceptors (Lipinski definition) is 7. The Kier molecular flexibility index (Phi) is 4.34. The molecule has 0 aliphatic carbocycles. The summed E-state index contributed by atoms with van der Waals surface area (Å²) in [4.78, 5) is 0.721. The van der Waals surface area contributed by atoms with Crippen molar-refractivity contribution in [1.29, 1.82) is 0 Å². The predicted molar refractivity (Wildman–Crippen MR) is 108 cm³/mol. The molecule has 0 saturated heterocycles. The second-order valence-electron chi connectivity index (χ2n) is 7.48. The van der Waals surface area contributed by atoms with Crippen molar-refractivity contribution in [3.8, 4) is 33.6 Å². The van der Waals surface area contributed by atoms with Crippen LogP contribution < -0.4 is 9.47 Å². The molecule has 0 spiro atoms. The Morgan fingerprint density at radius 2 is 1.71 bits per heavy atom. The van der Waals surface area contributed by atoms with Crippen molar-refractivity contribution in [2.75, 3.05) is 14.2 Å². The largest absolute Gasteiger partial charge is 0.493 e. The normalized spacial score (nSPS) is 11.9. The molecule has 8 nitrogen and oxygen atoms in total. The highest BCUT2D eigenvalue weighted by molar-refractivity contribution is 7.19. The van der Waals surface area contributed by atoms with Crippen LogP contribution in [-0.2, 0) is 12.5 Å². The van der Waals surface area contributed by atoms with Crippen LogP contribution in [0.4, 0.5) is 0 Å². The Balaban J connectivity index is 1.79.